The third-order valence-electron chi connectivity index (χ3n) is 5.98. The summed E-state index contributed by atoms with van der Waals surface area (Å²) in [5.74, 6) is -1.42. The number of hydrogen-bond donors (Lipinski definition) is 1. The number of carbonyl (C=O) groups is 3. The van der Waals surface area contributed by atoms with Crippen LogP contribution < -0.4 is 5.32 Å². The van der Waals surface area contributed by atoms with Gasteiger partial charge in [-0.25, -0.2) is 0 Å². The summed E-state index contributed by atoms with van der Waals surface area (Å²) in [6.07, 6.45) is 2.92. The molecule has 0 saturated heterocycles. The number of carbonyl (C=O) groups excluding carboxylic acids is 3. The number of benzene rings is 2. The van der Waals surface area contributed by atoms with Gasteiger partial charge in [0.15, 0.2) is 0 Å². The molecule has 3 amide bonds. The van der Waals surface area contributed by atoms with Crippen LogP contribution in [0.3, 0.4) is 0 Å². The van der Waals surface area contributed by atoms with Crippen LogP contribution in [-0.4, -0.2) is 28.7 Å². The first kappa shape index (κ1) is 20.2. The molecule has 0 bridgehead atoms. The lowest BCUT2D eigenvalue weighted by molar-refractivity contribution is -0.119. The summed E-state index contributed by atoms with van der Waals surface area (Å²) in [7, 11) is 0. The Hall–Kier alpha value is -3.76. The van der Waals surface area contributed by atoms with E-state index in [1.165, 1.54) is 11.3 Å². The Bertz CT molecular complexity index is 1250. The monoisotopic (exact) mass is 441 g/mol. The number of thiophene rings is 1. The van der Waals surface area contributed by atoms with Gasteiger partial charge in [-0.2, -0.15) is 5.26 Å². The molecule has 1 aromatic heterocycles. The maximum atomic E-state index is 13.5. The highest BCUT2D eigenvalue weighted by molar-refractivity contribution is 7.16. The molecule has 0 spiro atoms. The van der Waals surface area contributed by atoms with Gasteiger partial charge in [0.1, 0.15) is 17.1 Å². The van der Waals surface area contributed by atoms with Gasteiger partial charge in [-0.3, -0.25) is 19.3 Å². The SMILES string of the molecule is N#Cc1c(NC(=O)C(Cc2ccccc2)N2C(=O)c3ccccc3C2=O)sc2c1CCC2. The van der Waals surface area contributed by atoms with Crippen molar-refractivity contribution in [3.05, 3.63) is 87.3 Å². The summed E-state index contributed by atoms with van der Waals surface area (Å²) in [5.41, 5.74) is 2.94. The van der Waals surface area contributed by atoms with E-state index >= 15 is 0 Å². The van der Waals surface area contributed by atoms with E-state index in [4.69, 9.17) is 0 Å². The Morgan fingerprint density at radius 1 is 1.03 bits per heavy atom. The van der Waals surface area contributed by atoms with Crippen molar-refractivity contribution in [1.82, 2.24) is 4.90 Å². The van der Waals surface area contributed by atoms with Crippen molar-refractivity contribution in [1.29, 1.82) is 5.26 Å². The second-order valence-electron chi connectivity index (χ2n) is 7.89. The number of anilines is 1. The zero-order chi connectivity index (χ0) is 22.2. The van der Waals surface area contributed by atoms with Gasteiger partial charge in [0, 0.05) is 11.3 Å². The number of aryl methyl sites for hydroxylation is 1. The smallest absolute Gasteiger partial charge is 0.262 e. The molecule has 3 aromatic rings. The van der Waals surface area contributed by atoms with E-state index in [1.54, 1.807) is 24.3 Å². The van der Waals surface area contributed by atoms with E-state index in [9.17, 15) is 19.6 Å². The molecule has 1 atom stereocenters. The van der Waals surface area contributed by atoms with E-state index in [2.05, 4.69) is 11.4 Å². The molecule has 0 radical (unpaired) electrons. The van der Waals surface area contributed by atoms with Crippen LogP contribution in [0, 0.1) is 11.3 Å². The summed E-state index contributed by atoms with van der Waals surface area (Å²) in [5, 5.41) is 13.0. The molecule has 32 heavy (non-hydrogen) atoms. The van der Waals surface area contributed by atoms with Gasteiger partial charge in [-0.15, -0.1) is 11.3 Å². The number of rotatable bonds is 5. The van der Waals surface area contributed by atoms with Crippen LogP contribution in [0.1, 0.15) is 48.7 Å². The minimum atomic E-state index is -1.03. The summed E-state index contributed by atoms with van der Waals surface area (Å²) in [4.78, 5) is 41.9. The molecule has 2 heterocycles. The highest BCUT2D eigenvalue weighted by Gasteiger charge is 2.43. The molecular formula is C25H19N3O3S. The molecule has 2 aliphatic rings. The van der Waals surface area contributed by atoms with Gasteiger partial charge >= 0.3 is 0 Å². The second kappa shape index (κ2) is 8.06. The Morgan fingerprint density at radius 3 is 2.34 bits per heavy atom. The fraction of sp³-hybridized carbons (Fsp3) is 0.200. The van der Waals surface area contributed by atoms with Crippen LogP contribution in [-0.2, 0) is 24.1 Å². The molecule has 7 heteroatoms. The van der Waals surface area contributed by atoms with E-state index in [0.717, 1.165) is 40.2 Å². The third kappa shape index (κ3) is 3.29. The van der Waals surface area contributed by atoms with Crippen LogP contribution in [0.4, 0.5) is 5.00 Å². The Kier molecular flexibility index (Phi) is 5.08. The van der Waals surface area contributed by atoms with Crippen LogP contribution in [0.15, 0.2) is 54.6 Å². The third-order valence-corrected chi connectivity index (χ3v) is 7.19. The fourth-order valence-corrected chi connectivity index (χ4v) is 5.68. The van der Waals surface area contributed by atoms with Crippen molar-refractivity contribution in [3.8, 4) is 6.07 Å². The molecule has 2 aromatic carbocycles. The summed E-state index contributed by atoms with van der Waals surface area (Å²) >= 11 is 1.41. The summed E-state index contributed by atoms with van der Waals surface area (Å²) in [6.45, 7) is 0. The molecule has 158 valence electrons. The van der Waals surface area contributed by atoms with Gasteiger partial charge in [-0.1, -0.05) is 42.5 Å². The van der Waals surface area contributed by atoms with Crippen LogP contribution >= 0.6 is 11.3 Å². The standard InChI is InChI=1S/C25H19N3O3S/c26-14-19-16-11-6-12-21(16)32-23(19)27-22(29)20(13-15-7-2-1-3-8-15)28-24(30)17-9-4-5-10-18(17)25(28)31/h1-5,7-10,20H,6,11-13H2,(H,27,29). The lowest BCUT2D eigenvalue weighted by Gasteiger charge is -2.25. The Balaban J connectivity index is 1.50. The van der Waals surface area contributed by atoms with Gasteiger partial charge in [-0.05, 0) is 42.5 Å². The molecule has 0 saturated carbocycles. The molecule has 6 nitrogen and oxygen atoms in total. The quantitative estimate of drug-likeness (QED) is 0.607. The number of nitrogens with one attached hydrogen (secondary N) is 1. The fourth-order valence-electron chi connectivity index (χ4n) is 4.44. The number of amides is 3. The lowest BCUT2D eigenvalue weighted by Crippen LogP contribution is -2.48. The highest BCUT2D eigenvalue weighted by Crippen LogP contribution is 2.39. The van der Waals surface area contributed by atoms with E-state index < -0.39 is 23.8 Å². The maximum absolute atomic E-state index is 13.5. The second-order valence-corrected chi connectivity index (χ2v) is 9.00. The molecule has 1 unspecified atom stereocenters. The average Bonchev–Trinajstić information content (AvgIpc) is 3.46. The summed E-state index contributed by atoms with van der Waals surface area (Å²) < 4.78 is 0. The van der Waals surface area contributed by atoms with Crippen molar-refractivity contribution in [3.63, 3.8) is 0 Å². The predicted octanol–water partition coefficient (Wildman–Crippen LogP) is 3.95. The van der Waals surface area contributed by atoms with Crippen molar-refractivity contribution < 1.29 is 14.4 Å². The maximum Gasteiger partial charge on any atom is 0.262 e. The number of imide groups is 1. The van der Waals surface area contributed by atoms with Crippen molar-refractivity contribution in [2.24, 2.45) is 0 Å². The van der Waals surface area contributed by atoms with E-state index in [0.29, 0.717) is 21.7 Å². The van der Waals surface area contributed by atoms with Crippen molar-refractivity contribution in [2.45, 2.75) is 31.7 Å². The normalized spacial score (nSPS) is 15.3. The molecule has 5 rings (SSSR count). The molecule has 1 N–H and O–H groups in total. The average molecular weight is 442 g/mol. The minimum absolute atomic E-state index is 0.186. The topological polar surface area (TPSA) is 90.3 Å². The zero-order valence-electron chi connectivity index (χ0n) is 17.1. The van der Waals surface area contributed by atoms with Crippen LogP contribution in [0.2, 0.25) is 0 Å². The van der Waals surface area contributed by atoms with Gasteiger partial charge in [0.25, 0.3) is 11.8 Å². The number of fused-ring (bicyclic) bond motifs is 2. The first-order chi connectivity index (χ1) is 15.6. The number of nitrogens with zero attached hydrogens (tertiary/aromatic N) is 2. The predicted molar refractivity (Wildman–Crippen MR) is 121 cm³/mol. The molecule has 0 fully saturated rings. The van der Waals surface area contributed by atoms with Gasteiger partial charge in [0.05, 0.1) is 16.7 Å². The highest BCUT2D eigenvalue weighted by atomic mass is 32.1. The minimum Gasteiger partial charge on any atom is -0.315 e. The Labute approximate surface area is 189 Å². The van der Waals surface area contributed by atoms with Gasteiger partial charge in [0.2, 0.25) is 5.91 Å². The first-order valence-electron chi connectivity index (χ1n) is 10.4. The van der Waals surface area contributed by atoms with Crippen molar-refractivity contribution >= 4 is 34.1 Å². The van der Waals surface area contributed by atoms with E-state index in [-0.39, 0.29) is 6.42 Å². The molecule has 1 aliphatic carbocycles. The summed E-state index contributed by atoms with van der Waals surface area (Å²) in [6, 6.07) is 17.1. The van der Waals surface area contributed by atoms with Crippen LogP contribution in [0.25, 0.3) is 0 Å². The molecular weight excluding hydrogens is 422 g/mol. The van der Waals surface area contributed by atoms with Crippen molar-refractivity contribution in [2.75, 3.05) is 5.32 Å². The number of hydrogen-bond acceptors (Lipinski definition) is 5. The largest absolute Gasteiger partial charge is 0.315 e. The Morgan fingerprint density at radius 2 is 1.69 bits per heavy atom. The zero-order valence-corrected chi connectivity index (χ0v) is 17.9. The first-order valence-corrected chi connectivity index (χ1v) is 11.3. The van der Waals surface area contributed by atoms with Gasteiger partial charge < -0.3 is 5.32 Å². The molecule has 1 aliphatic heterocycles. The number of nitriles is 1. The van der Waals surface area contributed by atoms with Crippen LogP contribution in [0.5, 0.6) is 0 Å². The van der Waals surface area contributed by atoms with E-state index in [1.807, 2.05) is 30.3 Å². The lowest BCUT2D eigenvalue weighted by atomic mass is 10.0.